The van der Waals surface area contributed by atoms with E-state index in [-0.39, 0.29) is 11.9 Å². The lowest BCUT2D eigenvalue weighted by Crippen LogP contribution is -2.30. The smallest absolute Gasteiger partial charge is 0.320 e. The van der Waals surface area contributed by atoms with Crippen LogP contribution in [0.2, 0.25) is 0 Å². The first-order chi connectivity index (χ1) is 15.6. The molecule has 33 heavy (non-hydrogen) atoms. The number of carboxylic acids is 2. The van der Waals surface area contributed by atoms with E-state index in [1.807, 2.05) is 24.3 Å². The molecule has 0 spiro atoms. The third-order valence-electron chi connectivity index (χ3n) is 5.18. The topological polar surface area (TPSA) is 185 Å². The van der Waals surface area contributed by atoms with Crippen molar-refractivity contribution in [2.24, 2.45) is 22.2 Å². The number of nitrogens with zero attached hydrogens (tertiary/aromatic N) is 2. The molecule has 10 nitrogen and oxygen atoms in total. The maximum Gasteiger partial charge on any atom is 0.320 e. The van der Waals surface area contributed by atoms with Gasteiger partial charge in [0.2, 0.25) is 0 Å². The molecule has 0 aromatic heterocycles. The molecular formula is C23H29N5O5. The first kappa shape index (κ1) is 25.3. The lowest BCUT2D eigenvalue weighted by molar-refractivity contribution is -0.139. The lowest BCUT2D eigenvalue weighted by atomic mass is 10.0. The minimum Gasteiger partial charge on any atom is -0.481 e. The number of aliphatic imine (C=N–C) groups is 1. The van der Waals surface area contributed by atoms with E-state index in [9.17, 15) is 14.4 Å². The van der Waals surface area contributed by atoms with E-state index in [1.165, 1.54) is 0 Å². The average molecular weight is 456 g/mol. The summed E-state index contributed by atoms with van der Waals surface area (Å²) in [7, 11) is 0. The van der Waals surface area contributed by atoms with E-state index >= 15 is 0 Å². The molecule has 0 radical (unpaired) electrons. The number of rotatable bonds is 8. The molecule has 0 saturated heterocycles. The Balaban J connectivity index is 0.000000277. The quantitative estimate of drug-likeness (QED) is 0.225. The van der Waals surface area contributed by atoms with Crippen LogP contribution in [0.4, 0.5) is 5.69 Å². The van der Waals surface area contributed by atoms with Crippen LogP contribution in [0, 0.1) is 0 Å². The summed E-state index contributed by atoms with van der Waals surface area (Å²) in [6, 6.07) is 13.9. The number of fused-ring (bicyclic) bond motifs is 1. The zero-order valence-electron chi connectivity index (χ0n) is 18.3. The zero-order valence-corrected chi connectivity index (χ0v) is 18.3. The Morgan fingerprint density at radius 2 is 1.70 bits per heavy atom. The highest BCUT2D eigenvalue weighted by Crippen LogP contribution is 2.29. The van der Waals surface area contributed by atoms with Gasteiger partial charge in [-0.25, -0.2) is 0 Å². The van der Waals surface area contributed by atoms with Crippen LogP contribution in [0.1, 0.15) is 47.2 Å². The standard InChI is InChI=1S/C17H15NO3.C6H14N4O2/c1-11(17(20)21)12-6-8-14(9-7-12)18-10-13-4-2-3-5-15(13)16(18)19;7-4(5(11)12)2-1-3-10-6(8)9/h2-9,11H,10H2,1H3,(H,20,21);4H,1-3,7H2,(H,11,12)(H4,8,9,10)/t;4-/m.0/s1. The van der Waals surface area contributed by atoms with Gasteiger partial charge >= 0.3 is 11.9 Å². The molecule has 1 heterocycles. The van der Waals surface area contributed by atoms with Crippen LogP contribution in [0.25, 0.3) is 0 Å². The van der Waals surface area contributed by atoms with Crippen LogP contribution in [0.3, 0.4) is 0 Å². The van der Waals surface area contributed by atoms with Crippen molar-refractivity contribution in [2.45, 2.75) is 38.3 Å². The number of carbonyl (C=O) groups is 3. The fraction of sp³-hybridized carbons (Fsp3) is 0.304. The summed E-state index contributed by atoms with van der Waals surface area (Å²) in [5.41, 5.74) is 18.6. The van der Waals surface area contributed by atoms with Crippen LogP contribution in [-0.4, -0.2) is 46.6 Å². The summed E-state index contributed by atoms with van der Waals surface area (Å²) in [4.78, 5) is 38.9. The molecule has 2 aromatic carbocycles. The molecule has 1 aliphatic heterocycles. The molecule has 8 N–H and O–H groups in total. The van der Waals surface area contributed by atoms with Gasteiger partial charge in [-0.05, 0) is 49.1 Å². The fourth-order valence-electron chi connectivity index (χ4n) is 3.19. The Morgan fingerprint density at radius 1 is 1.06 bits per heavy atom. The molecule has 3 rings (SSSR count). The monoisotopic (exact) mass is 455 g/mol. The summed E-state index contributed by atoms with van der Waals surface area (Å²) in [6.07, 6.45) is 0.956. The van der Waals surface area contributed by atoms with Crippen molar-refractivity contribution in [3.8, 4) is 0 Å². The summed E-state index contributed by atoms with van der Waals surface area (Å²) in [5, 5.41) is 17.4. The lowest BCUT2D eigenvalue weighted by Gasteiger charge is -2.16. The van der Waals surface area contributed by atoms with Crippen molar-refractivity contribution in [3.05, 3.63) is 65.2 Å². The Bertz CT molecular complexity index is 1020. The summed E-state index contributed by atoms with van der Waals surface area (Å²) in [5.74, 6) is -2.40. The van der Waals surface area contributed by atoms with Gasteiger partial charge in [-0.3, -0.25) is 19.4 Å². The van der Waals surface area contributed by atoms with Gasteiger partial charge in [-0.2, -0.15) is 0 Å². The Hall–Kier alpha value is -3.92. The first-order valence-corrected chi connectivity index (χ1v) is 10.4. The number of nitrogens with two attached hydrogens (primary N) is 3. The van der Waals surface area contributed by atoms with Crippen molar-refractivity contribution in [1.82, 2.24) is 0 Å². The number of amides is 1. The van der Waals surface area contributed by atoms with Gasteiger partial charge in [0.25, 0.3) is 5.91 Å². The van der Waals surface area contributed by atoms with Gasteiger partial charge in [-0.15, -0.1) is 0 Å². The van der Waals surface area contributed by atoms with E-state index < -0.39 is 23.9 Å². The van der Waals surface area contributed by atoms with Gasteiger partial charge in [0.1, 0.15) is 6.04 Å². The summed E-state index contributed by atoms with van der Waals surface area (Å²) < 4.78 is 0. The number of carbonyl (C=O) groups excluding carboxylic acids is 1. The molecule has 0 saturated carbocycles. The van der Waals surface area contributed by atoms with Crippen molar-refractivity contribution in [2.75, 3.05) is 11.4 Å². The molecule has 1 unspecified atom stereocenters. The second kappa shape index (κ2) is 11.6. The molecule has 1 amide bonds. The maximum absolute atomic E-state index is 12.4. The number of guanidine groups is 1. The van der Waals surface area contributed by atoms with E-state index in [1.54, 1.807) is 36.1 Å². The Morgan fingerprint density at radius 3 is 2.24 bits per heavy atom. The van der Waals surface area contributed by atoms with Gasteiger partial charge in [0.05, 0.1) is 12.5 Å². The molecule has 0 aliphatic carbocycles. The molecule has 10 heteroatoms. The zero-order chi connectivity index (χ0) is 24.5. The second-order valence-electron chi connectivity index (χ2n) is 7.59. The predicted molar refractivity (Wildman–Crippen MR) is 125 cm³/mol. The highest BCUT2D eigenvalue weighted by atomic mass is 16.4. The van der Waals surface area contributed by atoms with Crippen LogP contribution >= 0.6 is 0 Å². The predicted octanol–water partition coefficient (Wildman–Crippen LogP) is 1.49. The van der Waals surface area contributed by atoms with Crippen LogP contribution < -0.4 is 22.1 Å². The van der Waals surface area contributed by atoms with Crippen LogP contribution in [-0.2, 0) is 16.1 Å². The van der Waals surface area contributed by atoms with Gasteiger partial charge in [-0.1, -0.05) is 30.3 Å². The number of hydrogen-bond donors (Lipinski definition) is 5. The normalized spacial score (nSPS) is 13.9. The van der Waals surface area contributed by atoms with Crippen molar-refractivity contribution < 1.29 is 24.6 Å². The van der Waals surface area contributed by atoms with E-state index in [2.05, 4.69) is 4.99 Å². The second-order valence-corrected chi connectivity index (χ2v) is 7.59. The number of anilines is 1. The minimum absolute atomic E-state index is 0.00960. The molecule has 0 fully saturated rings. The first-order valence-electron chi connectivity index (χ1n) is 10.4. The Labute approximate surface area is 191 Å². The van der Waals surface area contributed by atoms with Gasteiger partial charge in [0.15, 0.2) is 5.96 Å². The summed E-state index contributed by atoms with van der Waals surface area (Å²) >= 11 is 0. The third kappa shape index (κ3) is 7.04. The third-order valence-corrected chi connectivity index (χ3v) is 5.18. The molecule has 2 atom stereocenters. The number of hydrogen-bond acceptors (Lipinski definition) is 5. The maximum atomic E-state index is 12.4. The molecular weight excluding hydrogens is 426 g/mol. The van der Waals surface area contributed by atoms with Gasteiger partial charge in [0, 0.05) is 17.8 Å². The van der Waals surface area contributed by atoms with Crippen molar-refractivity contribution >= 4 is 29.5 Å². The average Bonchev–Trinajstić information content (AvgIpc) is 3.13. The Kier molecular flexibility index (Phi) is 8.93. The molecule has 176 valence electrons. The van der Waals surface area contributed by atoms with Gasteiger partial charge < -0.3 is 32.3 Å². The molecule has 2 aromatic rings. The van der Waals surface area contributed by atoms with Crippen LogP contribution in [0.5, 0.6) is 0 Å². The number of aliphatic carboxylic acids is 2. The largest absolute Gasteiger partial charge is 0.481 e. The van der Waals surface area contributed by atoms with E-state index in [4.69, 9.17) is 27.4 Å². The van der Waals surface area contributed by atoms with Crippen LogP contribution in [0.15, 0.2) is 53.5 Å². The SMILES string of the molecule is CC(C(=O)O)c1ccc(N2Cc3ccccc3C2=O)cc1.NC(N)=NCCC[C@H](N)C(=O)O. The fourth-order valence-corrected chi connectivity index (χ4v) is 3.19. The van der Waals surface area contributed by atoms with Crippen molar-refractivity contribution in [1.29, 1.82) is 0 Å². The van der Waals surface area contributed by atoms with Crippen molar-refractivity contribution in [3.63, 3.8) is 0 Å². The van der Waals surface area contributed by atoms with E-state index in [0.717, 1.165) is 22.4 Å². The highest BCUT2D eigenvalue weighted by Gasteiger charge is 2.28. The minimum atomic E-state index is -1.00. The number of benzene rings is 2. The molecule has 1 aliphatic rings. The highest BCUT2D eigenvalue weighted by molar-refractivity contribution is 6.10. The molecule has 0 bridgehead atoms. The number of carboxylic acid groups (broad SMARTS) is 2. The summed E-state index contributed by atoms with van der Waals surface area (Å²) in [6.45, 7) is 2.63. The van der Waals surface area contributed by atoms with E-state index in [0.29, 0.717) is 25.9 Å².